The van der Waals surface area contributed by atoms with Gasteiger partial charge in [-0.1, -0.05) is 24.3 Å². The second-order valence-corrected chi connectivity index (χ2v) is 4.33. The number of hydrogen-bond donors (Lipinski definition) is 1. The van der Waals surface area contributed by atoms with Crippen molar-refractivity contribution in [3.05, 3.63) is 48.3 Å². The average molecular weight is 315 g/mol. The maximum absolute atomic E-state index is 13.7. The molecule has 7 heteroatoms. The van der Waals surface area contributed by atoms with Gasteiger partial charge < -0.3 is 15.2 Å². The van der Waals surface area contributed by atoms with Crippen molar-refractivity contribution < 1.29 is 27.0 Å². The van der Waals surface area contributed by atoms with Gasteiger partial charge in [-0.05, 0) is 23.8 Å². The molecule has 3 nitrogen and oxygen atoms in total. The largest absolute Gasteiger partial charge is 0.573 e. The SMILES string of the molecule is NCCOc1ccc(-c2ccccc2F)cc1OC(F)(F)F. The summed E-state index contributed by atoms with van der Waals surface area (Å²) in [4.78, 5) is 0. The summed E-state index contributed by atoms with van der Waals surface area (Å²) >= 11 is 0. The van der Waals surface area contributed by atoms with Crippen molar-refractivity contribution in [2.75, 3.05) is 13.2 Å². The molecule has 0 aliphatic rings. The van der Waals surface area contributed by atoms with E-state index in [-0.39, 0.29) is 30.0 Å². The Bertz CT molecular complexity index is 644. The topological polar surface area (TPSA) is 44.5 Å². The van der Waals surface area contributed by atoms with Crippen LogP contribution in [0.25, 0.3) is 11.1 Å². The van der Waals surface area contributed by atoms with Crippen LogP contribution in [0.1, 0.15) is 0 Å². The molecule has 0 aromatic heterocycles. The first-order valence-corrected chi connectivity index (χ1v) is 6.38. The number of nitrogens with two attached hydrogens (primary N) is 1. The first-order valence-electron chi connectivity index (χ1n) is 6.38. The lowest BCUT2D eigenvalue weighted by Gasteiger charge is -2.15. The summed E-state index contributed by atoms with van der Waals surface area (Å²) in [5.41, 5.74) is 5.67. The second kappa shape index (κ2) is 6.65. The van der Waals surface area contributed by atoms with Gasteiger partial charge >= 0.3 is 6.36 Å². The Morgan fingerprint density at radius 2 is 1.73 bits per heavy atom. The van der Waals surface area contributed by atoms with Crippen LogP contribution >= 0.6 is 0 Å². The summed E-state index contributed by atoms with van der Waals surface area (Å²) < 4.78 is 60.2. The van der Waals surface area contributed by atoms with Crippen molar-refractivity contribution in [1.29, 1.82) is 0 Å². The van der Waals surface area contributed by atoms with Crippen LogP contribution in [0.2, 0.25) is 0 Å². The third kappa shape index (κ3) is 4.11. The predicted molar refractivity (Wildman–Crippen MR) is 73.1 cm³/mol. The van der Waals surface area contributed by atoms with E-state index < -0.39 is 17.9 Å². The van der Waals surface area contributed by atoms with Gasteiger partial charge in [0.25, 0.3) is 0 Å². The first kappa shape index (κ1) is 16.1. The number of ether oxygens (including phenoxy) is 2. The van der Waals surface area contributed by atoms with Crippen molar-refractivity contribution >= 4 is 0 Å². The predicted octanol–water partition coefficient (Wildman–Crippen LogP) is 3.73. The third-order valence-corrected chi connectivity index (χ3v) is 2.73. The normalized spacial score (nSPS) is 11.3. The molecule has 2 rings (SSSR count). The molecule has 0 bridgehead atoms. The molecule has 0 saturated carbocycles. The van der Waals surface area contributed by atoms with Crippen LogP contribution in [-0.2, 0) is 0 Å². The van der Waals surface area contributed by atoms with Gasteiger partial charge in [0.2, 0.25) is 0 Å². The molecule has 22 heavy (non-hydrogen) atoms. The highest BCUT2D eigenvalue weighted by Gasteiger charge is 2.32. The number of rotatable bonds is 5. The third-order valence-electron chi connectivity index (χ3n) is 2.73. The lowest BCUT2D eigenvalue weighted by Crippen LogP contribution is -2.18. The molecule has 2 aromatic rings. The number of hydrogen-bond acceptors (Lipinski definition) is 3. The zero-order chi connectivity index (χ0) is 16.2. The molecule has 0 amide bonds. The average Bonchev–Trinajstić information content (AvgIpc) is 2.45. The molecule has 118 valence electrons. The highest BCUT2D eigenvalue weighted by Crippen LogP contribution is 2.36. The Hall–Kier alpha value is -2.28. The van der Waals surface area contributed by atoms with Crippen LogP contribution in [0, 0.1) is 5.82 Å². The van der Waals surface area contributed by atoms with Gasteiger partial charge in [-0.3, -0.25) is 0 Å². The van der Waals surface area contributed by atoms with E-state index in [4.69, 9.17) is 10.5 Å². The number of benzene rings is 2. The molecule has 0 atom stereocenters. The van der Waals surface area contributed by atoms with Crippen molar-refractivity contribution in [2.24, 2.45) is 5.73 Å². The van der Waals surface area contributed by atoms with E-state index >= 15 is 0 Å². The standard InChI is InChI=1S/C15H13F4NO2/c16-12-4-2-1-3-11(12)10-5-6-13(21-8-7-20)14(9-10)22-15(17,18)19/h1-6,9H,7-8,20H2. The summed E-state index contributed by atoms with van der Waals surface area (Å²) in [6.45, 7) is 0.174. The molecule has 0 aliphatic heterocycles. The molecule has 0 heterocycles. The quantitative estimate of drug-likeness (QED) is 0.855. The summed E-state index contributed by atoms with van der Waals surface area (Å²) in [7, 11) is 0. The van der Waals surface area contributed by atoms with Gasteiger partial charge in [0.05, 0.1) is 0 Å². The molecular formula is C15H13F4NO2. The molecular weight excluding hydrogens is 302 g/mol. The zero-order valence-electron chi connectivity index (χ0n) is 11.4. The number of halogens is 4. The second-order valence-electron chi connectivity index (χ2n) is 4.33. The maximum Gasteiger partial charge on any atom is 0.573 e. The van der Waals surface area contributed by atoms with Gasteiger partial charge in [0.1, 0.15) is 12.4 Å². The van der Waals surface area contributed by atoms with E-state index in [9.17, 15) is 17.6 Å². The molecule has 0 saturated heterocycles. The Balaban J connectivity index is 2.42. The summed E-state index contributed by atoms with van der Waals surface area (Å²) in [5, 5.41) is 0. The lowest BCUT2D eigenvalue weighted by molar-refractivity contribution is -0.275. The molecule has 2 aromatic carbocycles. The lowest BCUT2D eigenvalue weighted by atomic mass is 10.0. The van der Waals surface area contributed by atoms with Crippen LogP contribution in [-0.4, -0.2) is 19.5 Å². The Morgan fingerprint density at radius 3 is 2.36 bits per heavy atom. The zero-order valence-corrected chi connectivity index (χ0v) is 11.4. The minimum absolute atomic E-state index is 0.0350. The van der Waals surface area contributed by atoms with Crippen molar-refractivity contribution in [2.45, 2.75) is 6.36 Å². The van der Waals surface area contributed by atoms with Gasteiger partial charge in [-0.15, -0.1) is 13.2 Å². The number of alkyl halides is 3. The van der Waals surface area contributed by atoms with E-state index in [2.05, 4.69) is 4.74 Å². The first-order chi connectivity index (χ1) is 10.4. The van der Waals surface area contributed by atoms with Crippen molar-refractivity contribution in [3.8, 4) is 22.6 Å². The molecule has 2 N–H and O–H groups in total. The summed E-state index contributed by atoms with van der Waals surface area (Å²) in [6.07, 6.45) is -4.88. The van der Waals surface area contributed by atoms with Gasteiger partial charge in [-0.25, -0.2) is 4.39 Å². The Morgan fingerprint density at radius 1 is 1.00 bits per heavy atom. The van der Waals surface area contributed by atoms with Gasteiger partial charge in [0.15, 0.2) is 11.5 Å². The highest BCUT2D eigenvalue weighted by atomic mass is 19.4. The Kier molecular flexibility index (Phi) is 4.87. The fraction of sp³-hybridized carbons (Fsp3) is 0.200. The van der Waals surface area contributed by atoms with Crippen LogP contribution in [0.3, 0.4) is 0 Å². The highest BCUT2D eigenvalue weighted by molar-refractivity contribution is 5.67. The molecule has 0 radical (unpaired) electrons. The van der Waals surface area contributed by atoms with E-state index in [1.54, 1.807) is 6.07 Å². The fourth-order valence-corrected chi connectivity index (χ4v) is 1.86. The van der Waals surface area contributed by atoms with Crippen LogP contribution in [0.5, 0.6) is 11.5 Å². The van der Waals surface area contributed by atoms with Crippen LogP contribution < -0.4 is 15.2 Å². The maximum atomic E-state index is 13.7. The van der Waals surface area contributed by atoms with E-state index in [1.807, 2.05) is 0 Å². The summed E-state index contributed by atoms with van der Waals surface area (Å²) in [6, 6.07) is 9.58. The fourth-order valence-electron chi connectivity index (χ4n) is 1.86. The molecule has 0 aliphatic carbocycles. The molecule has 0 spiro atoms. The van der Waals surface area contributed by atoms with E-state index in [1.165, 1.54) is 30.3 Å². The minimum atomic E-state index is -4.88. The minimum Gasteiger partial charge on any atom is -0.488 e. The Labute approximate surface area is 124 Å². The van der Waals surface area contributed by atoms with Gasteiger partial charge in [0, 0.05) is 12.1 Å². The van der Waals surface area contributed by atoms with Crippen molar-refractivity contribution in [3.63, 3.8) is 0 Å². The molecule has 0 fully saturated rings. The van der Waals surface area contributed by atoms with E-state index in [0.29, 0.717) is 0 Å². The summed E-state index contributed by atoms with van der Waals surface area (Å²) in [5.74, 6) is -1.19. The van der Waals surface area contributed by atoms with Crippen molar-refractivity contribution in [1.82, 2.24) is 0 Å². The van der Waals surface area contributed by atoms with Crippen LogP contribution in [0.15, 0.2) is 42.5 Å². The van der Waals surface area contributed by atoms with Gasteiger partial charge in [-0.2, -0.15) is 0 Å². The van der Waals surface area contributed by atoms with Crippen LogP contribution in [0.4, 0.5) is 17.6 Å². The molecule has 0 unspecified atom stereocenters. The smallest absolute Gasteiger partial charge is 0.488 e. The van der Waals surface area contributed by atoms with E-state index in [0.717, 1.165) is 6.07 Å². The monoisotopic (exact) mass is 315 g/mol.